The van der Waals surface area contributed by atoms with Gasteiger partial charge in [-0.15, -0.1) is 0 Å². The number of hydrogen-bond donors (Lipinski definition) is 2. The molecule has 0 aromatic heterocycles. The Hall–Kier alpha value is -0.610. The molecule has 0 heterocycles. The zero-order valence-electron chi connectivity index (χ0n) is 9.40. The third-order valence-corrected chi connectivity index (χ3v) is 3.06. The van der Waals surface area contributed by atoms with Gasteiger partial charge in [-0.1, -0.05) is 0 Å². The number of carbonyl (C=O) groups is 1. The summed E-state index contributed by atoms with van der Waals surface area (Å²) in [4.78, 5) is 11.2. The molecule has 88 valence electrons. The van der Waals surface area contributed by atoms with Gasteiger partial charge in [0.2, 0.25) is 0 Å². The summed E-state index contributed by atoms with van der Waals surface area (Å²) in [5.74, 6) is -0.796. The second-order valence-corrected chi connectivity index (χ2v) is 4.68. The summed E-state index contributed by atoms with van der Waals surface area (Å²) in [6.45, 7) is 4.05. The van der Waals surface area contributed by atoms with E-state index < -0.39 is 11.4 Å². The number of aliphatic carboxylic acids is 1. The first-order chi connectivity index (χ1) is 6.96. The van der Waals surface area contributed by atoms with Crippen molar-refractivity contribution in [2.24, 2.45) is 5.41 Å². The van der Waals surface area contributed by atoms with Crippen LogP contribution in [0.4, 0.5) is 0 Å². The summed E-state index contributed by atoms with van der Waals surface area (Å²) >= 11 is 0. The third kappa shape index (κ3) is 3.18. The molecule has 4 heteroatoms. The van der Waals surface area contributed by atoms with Gasteiger partial charge < -0.3 is 14.9 Å². The zero-order chi connectivity index (χ0) is 11.5. The van der Waals surface area contributed by atoms with Crippen LogP contribution in [-0.2, 0) is 9.53 Å². The molecule has 0 bridgehead atoms. The van der Waals surface area contributed by atoms with Crippen molar-refractivity contribution in [1.82, 2.24) is 0 Å². The molecule has 0 saturated heterocycles. The van der Waals surface area contributed by atoms with E-state index in [4.69, 9.17) is 4.74 Å². The van der Waals surface area contributed by atoms with Gasteiger partial charge in [-0.3, -0.25) is 4.79 Å². The lowest BCUT2D eigenvalue weighted by Gasteiger charge is -2.35. The van der Waals surface area contributed by atoms with Crippen molar-refractivity contribution in [3.63, 3.8) is 0 Å². The van der Waals surface area contributed by atoms with Crippen LogP contribution >= 0.6 is 0 Å². The molecule has 0 atom stereocenters. The standard InChI is InChI=1S/C11H20O4/c1-8(2)15-7-11(10(13)14)5-3-9(12)4-6-11/h8-9,12H,3-7H2,1-2H3,(H,13,14). The quantitative estimate of drug-likeness (QED) is 0.745. The van der Waals surface area contributed by atoms with Crippen LogP contribution in [0.3, 0.4) is 0 Å². The van der Waals surface area contributed by atoms with E-state index in [1.165, 1.54) is 0 Å². The van der Waals surface area contributed by atoms with Crippen molar-refractivity contribution in [3.8, 4) is 0 Å². The minimum absolute atomic E-state index is 0.0491. The normalized spacial score (nSPS) is 31.9. The summed E-state index contributed by atoms with van der Waals surface area (Å²) in [6, 6.07) is 0. The van der Waals surface area contributed by atoms with Crippen molar-refractivity contribution in [1.29, 1.82) is 0 Å². The number of rotatable bonds is 4. The molecule has 1 aliphatic carbocycles. The van der Waals surface area contributed by atoms with Crippen molar-refractivity contribution >= 4 is 5.97 Å². The van der Waals surface area contributed by atoms with E-state index in [0.29, 0.717) is 25.7 Å². The first-order valence-electron chi connectivity index (χ1n) is 5.49. The second-order valence-electron chi connectivity index (χ2n) is 4.68. The molecule has 1 fully saturated rings. The fourth-order valence-corrected chi connectivity index (χ4v) is 1.90. The zero-order valence-corrected chi connectivity index (χ0v) is 9.40. The molecule has 0 unspecified atom stereocenters. The monoisotopic (exact) mass is 216 g/mol. The maximum absolute atomic E-state index is 11.2. The van der Waals surface area contributed by atoms with Crippen LogP contribution in [0.2, 0.25) is 0 Å². The van der Waals surface area contributed by atoms with Gasteiger partial charge in [-0.25, -0.2) is 0 Å². The molecule has 0 aliphatic heterocycles. The Morgan fingerprint density at radius 2 is 2.00 bits per heavy atom. The lowest BCUT2D eigenvalue weighted by Crippen LogP contribution is -2.41. The highest BCUT2D eigenvalue weighted by molar-refractivity contribution is 5.75. The number of ether oxygens (including phenoxy) is 1. The van der Waals surface area contributed by atoms with Crippen LogP contribution in [0.15, 0.2) is 0 Å². The Morgan fingerprint density at radius 3 is 2.40 bits per heavy atom. The topological polar surface area (TPSA) is 66.8 Å². The molecular formula is C11H20O4. The second kappa shape index (κ2) is 4.94. The summed E-state index contributed by atoms with van der Waals surface area (Å²) in [5.41, 5.74) is -0.774. The number of aliphatic hydroxyl groups excluding tert-OH is 1. The van der Waals surface area contributed by atoms with Crippen molar-refractivity contribution in [2.45, 2.75) is 51.7 Å². The number of carboxylic acids is 1. The molecule has 4 nitrogen and oxygen atoms in total. The van der Waals surface area contributed by atoms with Crippen LogP contribution in [-0.4, -0.2) is 35.0 Å². The molecule has 2 N–H and O–H groups in total. The Morgan fingerprint density at radius 1 is 1.47 bits per heavy atom. The number of carboxylic acid groups (broad SMARTS) is 1. The lowest BCUT2D eigenvalue weighted by atomic mass is 9.74. The van der Waals surface area contributed by atoms with Gasteiger partial charge >= 0.3 is 5.97 Å². The average Bonchev–Trinajstić information content (AvgIpc) is 2.17. The van der Waals surface area contributed by atoms with E-state index in [2.05, 4.69) is 0 Å². The van der Waals surface area contributed by atoms with Gasteiger partial charge in [0.05, 0.1) is 24.2 Å². The van der Waals surface area contributed by atoms with Gasteiger partial charge in [0.25, 0.3) is 0 Å². The first-order valence-corrected chi connectivity index (χ1v) is 5.49. The maximum atomic E-state index is 11.2. The highest BCUT2D eigenvalue weighted by Crippen LogP contribution is 2.37. The number of aliphatic hydroxyl groups is 1. The summed E-state index contributed by atoms with van der Waals surface area (Å²) in [5, 5.41) is 18.6. The largest absolute Gasteiger partial charge is 0.481 e. The number of hydrogen-bond acceptors (Lipinski definition) is 3. The fraction of sp³-hybridized carbons (Fsp3) is 0.909. The molecule has 1 saturated carbocycles. The van der Waals surface area contributed by atoms with E-state index in [0.717, 1.165) is 0 Å². The van der Waals surface area contributed by atoms with E-state index in [-0.39, 0.29) is 18.8 Å². The van der Waals surface area contributed by atoms with Crippen LogP contribution in [0, 0.1) is 5.41 Å². The van der Waals surface area contributed by atoms with Crippen LogP contribution in [0.25, 0.3) is 0 Å². The van der Waals surface area contributed by atoms with Gasteiger partial charge in [0.1, 0.15) is 0 Å². The minimum atomic E-state index is -0.796. The Bertz CT molecular complexity index is 217. The van der Waals surface area contributed by atoms with E-state index in [1.807, 2.05) is 13.8 Å². The first kappa shape index (κ1) is 12.5. The smallest absolute Gasteiger partial charge is 0.311 e. The molecular weight excluding hydrogens is 196 g/mol. The lowest BCUT2D eigenvalue weighted by molar-refractivity contribution is -0.158. The highest BCUT2D eigenvalue weighted by Gasteiger charge is 2.42. The molecule has 0 spiro atoms. The van der Waals surface area contributed by atoms with E-state index in [1.54, 1.807) is 0 Å². The SMILES string of the molecule is CC(C)OCC1(C(=O)O)CCC(O)CC1. The van der Waals surface area contributed by atoms with Crippen LogP contribution < -0.4 is 0 Å². The fourth-order valence-electron chi connectivity index (χ4n) is 1.90. The highest BCUT2D eigenvalue weighted by atomic mass is 16.5. The van der Waals surface area contributed by atoms with Gasteiger partial charge in [0.15, 0.2) is 0 Å². The Balaban J connectivity index is 2.59. The predicted octanol–water partition coefficient (Wildman–Crippen LogP) is 1.42. The third-order valence-electron chi connectivity index (χ3n) is 3.06. The Labute approximate surface area is 90.2 Å². The average molecular weight is 216 g/mol. The van der Waals surface area contributed by atoms with Crippen molar-refractivity contribution in [2.75, 3.05) is 6.61 Å². The maximum Gasteiger partial charge on any atom is 0.311 e. The summed E-state index contributed by atoms with van der Waals surface area (Å²) in [7, 11) is 0. The molecule has 1 aliphatic rings. The van der Waals surface area contributed by atoms with Crippen LogP contribution in [0.1, 0.15) is 39.5 Å². The molecule has 15 heavy (non-hydrogen) atoms. The summed E-state index contributed by atoms with van der Waals surface area (Å²) in [6.07, 6.45) is 1.86. The molecule has 0 aromatic carbocycles. The molecule has 1 rings (SSSR count). The predicted molar refractivity (Wildman–Crippen MR) is 55.6 cm³/mol. The molecule has 0 amide bonds. The van der Waals surface area contributed by atoms with Crippen molar-refractivity contribution < 1.29 is 19.7 Å². The van der Waals surface area contributed by atoms with Crippen LogP contribution in [0.5, 0.6) is 0 Å². The van der Waals surface area contributed by atoms with Gasteiger partial charge in [-0.05, 0) is 39.5 Å². The molecule has 0 aromatic rings. The van der Waals surface area contributed by atoms with Crippen molar-refractivity contribution in [3.05, 3.63) is 0 Å². The van der Waals surface area contributed by atoms with E-state index >= 15 is 0 Å². The molecule has 0 radical (unpaired) electrons. The van der Waals surface area contributed by atoms with E-state index in [9.17, 15) is 15.0 Å². The van der Waals surface area contributed by atoms with Gasteiger partial charge in [0, 0.05) is 0 Å². The summed E-state index contributed by atoms with van der Waals surface area (Å²) < 4.78 is 5.42. The minimum Gasteiger partial charge on any atom is -0.481 e. The van der Waals surface area contributed by atoms with Gasteiger partial charge in [-0.2, -0.15) is 0 Å². The Kier molecular flexibility index (Phi) is 4.11.